The minimum Gasteiger partial charge on any atom is -0.479 e. The smallest absolute Gasteiger partial charge is 0.265 e. The molecule has 0 saturated carbocycles. The Labute approximate surface area is 125 Å². The highest BCUT2D eigenvalue weighted by Crippen LogP contribution is 2.36. The molecule has 1 unspecified atom stereocenters. The van der Waals surface area contributed by atoms with Crippen LogP contribution in [0.5, 0.6) is 5.75 Å². The molecule has 2 aromatic rings. The normalized spacial score (nSPS) is 16.6. The van der Waals surface area contributed by atoms with Gasteiger partial charge in [-0.3, -0.25) is 9.59 Å². The molecule has 6 heteroatoms. The van der Waals surface area contributed by atoms with Gasteiger partial charge < -0.3 is 15.4 Å². The van der Waals surface area contributed by atoms with Crippen molar-refractivity contribution in [1.29, 1.82) is 0 Å². The molecule has 5 nitrogen and oxygen atoms in total. The summed E-state index contributed by atoms with van der Waals surface area (Å²) >= 11 is 1.54. The minimum atomic E-state index is -0.533. The topological polar surface area (TPSA) is 67.4 Å². The van der Waals surface area contributed by atoms with Gasteiger partial charge in [0.15, 0.2) is 6.10 Å². The predicted octanol–water partition coefficient (Wildman–Crippen LogP) is 2.65. The SMILES string of the molecule is CC1Oc2cccc(NC(=O)Cc3cccs3)c2NC1=O. The van der Waals surface area contributed by atoms with Gasteiger partial charge in [0.2, 0.25) is 5.91 Å². The number of amides is 2. The van der Waals surface area contributed by atoms with Crippen molar-refractivity contribution in [2.24, 2.45) is 0 Å². The van der Waals surface area contributed by atoms with Gasteiger partial charge in [0.1, 0.15) is 11.4 Å². The van der Waals surface area contributed by atoms with E-state index in [0.29, 0.717) is 23.5 Å². The third-order valence-corrected chi connectivity index (χ3v) is 4.01. The average molecular weight is 302 g/mol. The molecule has 2 N–H and O–H groups in total. The Bertz CT molecular complexity index is 682. The molecule has 2 amide bonds. The van der Waals surface area contributed by atoms with Gasteiger partial charge in [-0.05, 0) is 30.5 Å². The van der Waals surface area contributed by atoms with E-state index >= 15 is 0 Å². The number of hydrogen-bond donors (Lipinski definition) is 2. The predicted molar refractivity (Wildman–Crippen MR) is 81.8 cm³/mol. The van der Waals surface area contributed by atoms with Gasteiger partial charge in [-0.25, -0.2) is 0 Å². The van der Waals surface area contributed by atoms with Crippen LogP contribution in [-0.4, -0.2) is 17.9 Å². The summed E-state index contributed by atoms with van der Waals surface area (Å²) in [5.74, 6) is 0.220. The molecule has 0 radical (unpaired) electrons. The Morgan fingerprint density at radius 2 is 2.24 bits per heavy atom. The Hall–Kier alpha value is -2.34. The Morgan fingerprint density at radius 1 is 1.38 bits per heavy atom. The van der Waals surface area contributed by atoms with Crippen molar-refractivity contribution in [1.82, 2.24) is 0 Å². The van der Waals surface area contributed by atoms with E-state index in [1.54, 1.807) is 25.1 Å². The number of nitrogens with one attached hydrogen (secondary N) is 2. The van der Waals surface area contributed by atoms with Gasteiger partial charge in [0, 0.05) is 4.88 Å². The Morgan fingerprint density at radius 3 is 3.00 bits per heavy atom. The van der Waals surface area contributed by atoms with E-state index in [2.05, 4.69) is 10.6 Å². The van der Waals surface area contributed by atoms with Crippen LogP contribution < -0.4 is 15.4 Å². The lowest BCUT2D eigenvalue weighted by atomic mass is 10.2. The van der Waals surface area contributed by atoms with Gasteiger partial charge in [-0.15, -0.1) is 11.3 Å². The number of anilines is 2. The van der Waals surface area contributed by atoms with Crippen molar-refractivity contribution >= 4 is 34.5 Å². The van der Waals surface area contributed by atoms with E-state index in [1.807, 2.05) is 17.5 Å². The molecule has 108 valence electrons. The average Bonchev–Trinajstić information content (AvgIpc) is 2.94. The summed E-state index contributed by atoms with van der Waals surface area (Å²) in [6.07, 6.45) is -0.221. The van der Waals surface area contributed by atoms with E-state index in [4.69, 9.17) is 4.74 Å². The fraction of sp³-hybridized carbons (Fsp3) is 0.200. The highest BCUT2D eigenvalue weighted by molar-refractivity contribution is 7.10. The molecule has 1 aliphatic heterocycles. The summed E-state index contributed by atoms with van der Waals surface area (Å²) < 4.78 is 5.51. The lowest BCUT2D eigenvalue weighted by molar-refractivity contribution is -0.122. The first-order valence-electron chi connectivity index (χ1n) is 6.56. The summed E-state index contributed by atoms with van der Waals surface area (Å²) in [7, 11) is 0. The minimum absolute atomic E-state index is 0.126. The molecular formula is C15H14N2O3S. The molecule has 21 heavy (non-hydrogen) atoms. The lowest BCUT2D eigenvalue weighted by Gasteiger charge is -2.25. The summed E-state index contributed by atoms with van der Waals surface area (Å²) in [6, 6.07) is 9.11. The molecule has 2 heterocycles. The molecule has 0 saturated heterocycles. The van der Waals surface area contributed by atoms with Crippen LogP contribution in [0.2, 0.25) is 0 Å². The summed E-state index contributed by atoms with van der Waals surface area (Å²) in [5, 5.41) is 7.52. The van der Waals surface area contributed by atoms with Crippen LogP contribution in [0.4, 0.5) is 11.4 Å². The van der Waals surface area contributed by atoms with Crippen LogP contribution in [-0.2, 0) is 16.0 Å². The first-order chi connectivity index (χ1) is 10.1. The molecule has 0 aliphatic carbocycles. The first kappa shape index (κ1) is 13.6. The summed E-state index contributed by atoms with van der Waals surface area (Å²) in [6.45, 7) is 1.68. The Kier molecular flexibility index (Phi) is 3.62. The summed E-state index contributed by atoms with van der Waals surface area (Å²) in [4.78, 5) is 24.7. The third-order valence-electron chi connectivity index (χ3n) is 3.14. The number of thiophene rings is 1. The maximum Gasteiger partial charge on any atom is 0.265 e. The maximum absolute atomic E-state index is 12.1. The zero-order valence-corrected chi connectivity index (χ0v) is 12.2. The molecule has 3 rings (SSSR count). The van der Waals surface area contributed by atoms with Crippen molar-refractivity contribution in [3.8, 4) is 5.75 Å². The van der Waals surface area contributed by atoms with Crippen molar-refractivity contribution in [3.05, 3.63) is 40.6 Å². The largest absolute Gasteiger partial charge is 0.479 e. The number of ether oxygens (including phenoxy) is 1. The van der Waals surface area contributed by atoms with Crippen LogP contribution in [0.15, 0.2) is 35.7 Å². The molecule has 0 fully saturated rings. The quantitative estimate of drug-likeness (QED) is 0.916. The van der Waals surface area contributed by atoms with E-state index in [0.717, 1.165) is 4.88 Å². The maximum atomic E-state index is 12.1. The number of rotatable bonds is 3. The van der Waals surface area contributed by atoms with Gasteiger partial charge in [0.25, 0.3) is 5.91 Å². The van der Waals surface area contributed by atoms with Crippen molar-refractivity contribution in [2.45, 2.75) is 19.4 Å². The number of benzene rings is 1. The van der Waals surface area contributed by atoms with Crippen LogP contribution in [0.3, 0.4) is 0 Å². The van der Waals surface area contributed by atoms with Gasteiger partial charge in [0.05, 0.1) is 12.1 Å². The van der Waals surface area contributed by atoms with E-state index in [1.165, 1.54) is 11.3 Å². The van der Waals surface area contributed by atoms with E-state index < -0.39 is 6.10 Å². The molecule has 0 bridgehead atoms. The molecule has 1 atom stereocenters. The second-order valence-corrected chi connectivity index (χ2v) is 5.76. The number of carbonyl (C=O) groups is 2. The number of hydrogen-bond acceptors (Lipinski definition) is 4. The zero-order chi connectivity index (χ0) is 14.8. The summed E-state index contributed by atoms with van der Waals surface area (Å²) in [5.41, 5.74) is 1.06. The van der Waals surface area contributed by atoms with E-state index in [-0.39, 0.29) is 11.8 Å². The standard InChI is InChI=1S/C15H14N2O3S/c1-9-15(19)17-14-11(5-2-6-12(14)20-9)16-13(18)8-10-4-3-7-21-10/h2-7,9H,8H2,1H3,(H,16,18)(H,17,19). The second-order valence-electron chi connectivity index (χ2n) is 4.73. The van der Waals surface area contributed by atoms with Crippen LogP contribution in [0.25, 0.3) is 0 Å². The van der Waals surface area contributed by atoms with Crippen molar-refractivity contribution in [2.75, 3.05) is 10.6 Å². The van der Waals surface area contributed by atoms with Crippen LogP contribution >= 0.6 is 11.3 Å². The molecule has 1 aromatic carbocycles. The first-order valence-corrected chi connectivity index (χ1v) is 7.44. The van der Waals surface area contributed by atoms with Gasteiger partial charge in [-0.1, -0.05) is 12.1 Å². The highest BCUT2D eigenvalue weighted by atomic mass is 32.1. The van der Waals surface area contributed by atoms with Crippen molar-refractivity contribution < 1.29 is 14.3 Å². The zero-order valence-electron chi connectivity index (χ0n) is 11.4. The number of carbonyl (C=O) groups excluding carboxylic acids is 2. The molecule has 1 aromatic heterocycles. The third kappa shape index (κ3) is 2.90. The fourth-order valence-corrected chi connectivity index (χ4v) is 2.80. The lowest BCUT2D eigenvalue weighted by Crippen LogP contribution is -2.35. The molecule has 1 aliphatic rings. The second kappa shape index (κ2) is 5.57. The monoisotopic (exact) mass is 302 g/mol. The van der Waals surface area contributed by atoms with Gasteiger partial charge >= 0.3 is 0 Å². The van der Waals surface area contributed by atoms with Crippen molar-refractivity contribution in [3.63, 3.8) is 0 Å². The number of para-hydroxylation sites is 1. The van der Waals surface area contributed by atoms with Gasteiger partial charge in [-0.2, -0.15) is 0 Å². The Balaban J connectivity index is 1.79. The fourth-order valence-electron chi connectivity index (χ4n) is 2.10. The molecular weight excluding hydrogens is 288 g/mol. The number of fused-ring (bicyclic) bond motifs is 1. The highest BCUT2D eigenvalue weighted by Gasteiger charge is 2.25. The van der Waals surface area contributed by atoms with E-state index in [9.17, 15) is 9.59 Å². The van der Waals surface area contributed by atoms with Crippen LogP contribution in [0, 0.1) is 0 Å². The molecule has 0 spiro atoms. The van der Waals surface area contributed by atoms with Crippen LogP contribution in [0.1, 0.15) is 11.8 Å².